The third-order valence-corrected chi connectivity index (χ3v) is 4.24. The quantitative estimate of drug-likeness (QED) is 0.775. The van der Waals surface area contributed by atoms with Crippen molar-refractivity contribution in [3.63, 3.8) is 0 Å². The molecular weight excluding hydrogens is 297 g/mol. The summed E-state index contributed by atoms with van der Waals surface area (Å²) >= 11 is 19.7. The molecule has 0 atom stereocenters. The zero-order chi connectivity index (χ0) is 12.4. The van der Waals surface area contributed by atoms with E-state index < -0.39 is 0 Å². The molecule has 1 nitrogen and oxygen atoms in total. The summed E-state index contributed by atoms with van der Waals surface area (Å²) in [6, 6.07) is 5.45. The maximum atomic E-state index is 6.09. The lowest BCUT2D eigenvalue weighted by molar-refractivity contribution is 1.17. The Morgan fingerprint density at radius 3 is 2.35 bits per heavy atom. The Kier molecular flexibility index (Phi) is 4.21. The van der Waals surface area contributed by atoms with Crippen molar-refractivity contribution >= 4 is 51.8 Å². The van der Waals surface area contributed by atoms with Crippen LogP contribution in [0.5, 0.6) is 0 Å². The SMILES string of the molecule is Cc1ccsc1CNc1c(Cl)cc(Cl)cc1Cl. The van der Waals surface area contributed by atoms with E-state index in [0.29, 0.717) is 21.6 Å². The third-order valence-electron chi connectivity index (χ3n) is 2.40. The molecule has 0 bridgehead atoms. The molecule has 0 aliphatic rings. The van der Waals surface area contributed by atoms with Crippen LogP contribution < -0.4 is 5.32 Å². The number of hydrogen-bond acceptors (Lipinski definition) is 2. The lowest BCUT2D eigenvalue weighted by Crippen LogP contribution is -2.00. The highest BCUT2D eigenvalue weighted by Gasteiger charge is 2.08. The summed E-state index contributed by atoms with van der Waals surface area (Å²) in [5.74, 6) is 0. The zero-order valence-electron chi connectivity index (χ0n) is 9.06. The van der Waals surface area contributed by atoms with Gasteiger partial charge < -0.3 is 5.32 Å². The first-order valence-corrected chi connectivity index (χ1v) is 7.00. The summed E-state index contributed by atoms with van der Waals surface area (Å²) in [5.41, 5.74) is 1.99. The number of aryl methyl sites for hydroxylation is 1. The maximum Gasteiger partial charge on any atom is 0.0722 e. The van der Waals surface area contributed by atoms with Gasteiger partial charge in [0.1, 0.15) is 0 Å². The molecular formula is C12H10Cl3NS. The molecule has 1 heterocycles. The second-order valence-electron chi connectivity index (χ2n) is 3.62. The summed E-state index contributed by atoms with van der Waals surface area (Å²) in [6.45, 7) is 2.79. The molecule has 0 radical (unpaired) electrons. The number of benzene rings is 1. The Bertz CT molecular complexity index is 513. The second-order valence-corrected chi connectivity index (χ2v) is 5.88. The monoisotopic (exact) mass is 305 g/mol. The summed E-state index contributed by atoms with van der Waals surface area (Å²) in [5, 5.41) is 6.92. The Labute approximate surface area is 119 Å². The van der Waals surface area contributed by atoms with Crippen LogP contribution in [-0.2, 0) is 6.54 Å². The molecule has 1 aromatic heterocycles. The van der Waals surface area contributed by atoms with Crippen molar-refractivity contribution in [1.29, 1.82) is 0 Å². The molecule has 17 heavy (non-hydrogen) atoms. The highest BCUT2D eigenvalue weighted by atomic mass is 35.5. The topological polar surface area (TPSA) is 12.0 Å². The average molecular weight is 307 g/mol. The third kappa shape index (κ3) is 3.08. The van der Waals surface area contributed by atoms with Crippen LogP contribution >= 0.6 is 46.1 Å². The predicted molar refractivity (Wildman–Crippen MR) is 77.9 cm³/mol. The summed E-state index contributed by atoms with van der Waals surface area (Å²) in [6.07, 6.45) is 0. The van der Waals surface area contributed by atoms with Crippen molar-refractivity contribution in [2.45, 2.75) is 13.5 Å². The summed E-state index contributed by atoms with van der Waals surface area (Å²) < 4.78 is 0. The van der Waals surface area contributed by atoms with E-state index in [9.17, 15) is 0 Å². The van der Waals surface area contributed by atoms with Crippen LogP contribution in [0.3, 0.4) is 0 Å². The van der Waals surface area contributed by atoms with Gasteiger partial charge in [0.05, 0.1) is 15.7 Å². The number of nitrogens with one attached hydrogen (secondary N) is 1. The van der Waals surface area contributed by atoms with Gasteiger partial charge in [0.2, 0.25) is 0 Å². The fraction of sp³-hybridized carbons (Fsp3) is 0.167. The maximum absolute atomic E-state index is 6.09. The standard InChI is InChI=1S/C12H10Cl3NS/c1-7-2-3-17-11(7)6-16-12-9(14)4-8(13)5-10(12)15/h2-5,16H,6H2,1H3. The van der Waals surface area contributed by atoms with E-state index >= 15 is 0 Å². The Hall–Kier alpha value is -0.410. The Balaban J connectivity index is 2.17. The molecule has 0 fully saturated rings. The Morgan fingerprint density at radius 2 is 1.82 bits per heavy atom. The van der Waals surface area contributed by atoms with Crippen LogP contribution in [0.4, 0.5) is 5.69 Å². The Morgan fingerprint density at radius 1 is 1.18 bits per heavy atom. The molecule has 5 heteroatoms. The lowest BCUT2D eigenvalue weighted by atomic mass is 10.2. The van der Waals surface area contributed by atoms with Gasteiger partial charge in [-0.1, -0.05) is 34.8 Å². The van der Waals surface area contributed by atoms with Gasteiger partial charge in [-0.15, -0.1) is 11.3 Å². The normalized spacial score (nSPS) is 10.6. The van der Waals surface area contributed by atoms with Gasteiger partial charge in [-0.3, -0.25) is 0 Å². The number of hydrogen-bond donors (Lipinski definition) is 1. The van der Waals surface area contributed by atoms with Crippen molar-refractivity contribution in [3.05, 3.63) is 49.1 Å². The van der Waals surface area contributed by atoms with Gasteiger partial charge >= 0.3 is 0 Å². The van der Waals surface area contributed by atoms with Crippen molar-refractivity contribution in [2.75, 3.05) is 5.32 Å². The van der Waals surface area contributed by atoms with E-state index in [0.717, 1.165) is 5.69 Å². The van der Waals surface area contributed by atoms with Crippen LogP contribution in [-0.4, -0.2) is 0 Å². The van der Waals surface area contributed by atoms with Gasteiger partial charge in [-0.05, 0) is 36.1 Å². The predicted octanol–water partition coefficient (Wildman–Crippen LogP) is 5.63. The van der Waals surface area contributed by atoms with Gasteiger partial charge in [0.15, 0.2) is 0 Å². The van der Waals surface area contributed by atoms with Crippen molar-refractivity contribution in [1.82, 2.24) is 0 Å². The first kappa shape index (κ1) is 13.0. The van der Waals surface area contributed by atoms with Crippen molar-refractivity contribution in [2.24, 2.45) is 0 Å². The minimum absolute atomic E-state index is 0.539. The van der Waals surface area contributed by atoms with E-state index in [1.54, 1.807) is 23.5 Å². The van der Waals surface area contributed by atoms with Crippen molar-refractivity contribution in [3.8, 4) is 0 Å². The smallest absolute Gasteiger partial charge is 0.0722 e. The number of thiophene rings is 1. The highest BCUT2D eigenvalue weighted by Crippen LogP contribution is 2.34. The van der Waals surface area contributed by atoms with E-state index in [-0.39, 0.29) is 0 Å². The molecule has 2 aromatic rings. The molecule has 0 amide bonds. The fourth-order valence-corrected chi connectivity index (χ4v) is 3.26. The second kappa shape index (κ2) is 5.49. The summed E-state index contributed by atoms with van der Waals surface area (Å²) in [7, 11) is 0. The van der Waals surface area contributed by atoms with Crippen LogP contribution in [0.1, 0.15) is 10.4 Å². The first-order chi connectivity index (χ1) is 8.08. The van der Waals surface area contributed by atoms with Crippen LogP contribution in [0.2, 0.25) is 15.1 Å². The van der Waals surface area contributed by atoms with Gasteiger partial charge in [-0.2, -0.15) is 0 Å². The molecule has 2 rings (SSSR count). The molecule has 0 aliphatic heterocycles. The molecule has 90 valence electrons. The van der Waals surface area contributed by atoms with Crippen molar-refractivity contribution < 1.29 is 0 Å². The van der Waals surface area contributed by atoms with E-state index in [1.807, 2.05) is 0 Å². The first-order valence-electron chi connectivity index (χ1n) is 4.99. The average Bonchev–Trinajstić information content (AvgIpc) is 2.62. The highest BCUT2D eigenvalue weighted by molar-refractivity contribution is 7.10. The minimum Gasteiger partial charge on any atom is -0.378 e. The number of anilines is 1. The number of rotatable bonds is 3. The van der Waals surface area contributed by atoms with E-state index in [1.165, 1.54) is 10.4 Å². The van der Waals surface area contributed by atoms with E-state index in [4.69, 9.17) is 34.8 Å². The summed E-state index contributed by atoms with van der Waals surface area (Å²) in [4.78, 5) is 1.27. The molecule has 1 N–H and O–H groups in total. The minimum atomic E-state index is 0.539. The van der Waals surface area contributed by atoms with Gasteiger partial charge in [0.25, 0.3) is 0 Å². The number of halogens is 3. The molecule has 0 spiro atoms. The lowest BCUT2D eigenvalue weighted by Gasteiger charge is -2.10. The molecule has 0 saturated heterocycles. The molecule has 0 unspecified atom stereocenters. The van der Waals surface area contributed by atoms with Gasteiger partial charge in [0, 0.05) is 16.4 Å². The molecule has 0 saturated carbocycles. The van der Waals surface area contributed by atoms with Gasteiger partial charge in [-0.25, -0.2) is 0 Å². The van der Waals surface area contributed by atoms with Crippen LogP contribution in [0.15, 0.2) is 23.6 Å². The largest absolute Gasteiger partial charge is 0.378 e. The van der Waals surface area contributed by atoms with Crippen LogP contribution in [0, 0.1) is 6.92 Å². The van der Waals surface area contributed by atoms with E-state index in [2.05, 4.69) is 23.7 Å². The fourth-order valence-electron chi connectivity index (χ4n) is 1.46. The molecule has 1 aromatic carbocycles. The molecule has 0 aliphatic carbocycles. The zero-order valence-corrected chi connectivity index (χ0v) is 12.1. The van der Waals surface area contributed by atoms with Crippen LogP contribution in [0.25, 0.3) is 0 Å².